The first-order chi connectivity index (χ1) is 7.49. The summed E-state index contributed by atoms with van der Waals surface area (Å²) in [5.41, 5.74) is -1.61. The fourth-order valence-corrected chi connectivity index (χ4v) is 2.45. The molecule has 88 valence electrons. The first kappa shape index (κ1) is 11.7. The topological polar surface area (TPSA) is 54.9 Å². The van der Waals surface area contributed by atoms with Crippen LogP contribution in [0.25, 0.3) is 0 Å². The van der Waals surface area contributed by atoms with Crippen molar-refractivity contribution in [2.45, 2.75) is 24.1 Å². The Labute approximate surface area is 99.8 Å². The number of hydrogen-bond acceptors (Lipinski definition) is 3. The molecular formula is C9H10ClFN2O2S. The van der Waals surface area contributed by atoms with E-state index in [4.69, 9.17) is 11.6 Å². The molecule has 1 aromatic rings. The van der Waals surface area contributed by atoms with Crippen molar-refractivity contribution in [1.29, 1.82) is 0 Å². The van der Waals surface area contributed by atoms with Gasteiger partial charge < -0.3 is 0 Å². The van der Waals surface area contributed by atoms with Crippen LogP contribution in [0.3, 0.4) is 0 Å². The summed E-state index contributed by atoms with van der Waals surface area (Å²) in [6.07, 6.45) is 3.78. The number of rotatable bonds is 3. The molecule has 0 spiro atoms. The molecule has 1 aliphatic rings. The van der Waals surface area contributed by atoms with E-state index in [0.717, 1.165) is 17.4 Å². The predicted octanol–water partition coefficient (Wildman–Crippen LogP) is 1.22. The number of halogens is 2. The van der Waals surface area contributed by atoms with Crippen LogP contribution in [0.1, 0.15) is 12.8 Å². The molecule has 1 N–H and O–H groups in total. The van der Waals surface area contributed by atoms with Gasteiger partial charge in [0.2, 0.25) is 5.82 Å². The van der Waals surface area contributed by atoms with Crippen molar-refractivity contribution >= 4 is 23.4 Å². The Kier molecular flexibility index (Phi) is 2.88. The molecule has 7 heteroatoms. The number of aromatic nitrogens is 2. The second kappa shape index (κ2) is 3.92. The molecule has 2 rings (SSSR count). The highest BCUT2D eigenvalue weighted by atomic mass is 35.5. The lowest BCUT2D eigenvalue weighted by Gasteiger charge is -2.12. The van der Waals surface area contributed by atoms with E-state index >= 15 is 0 Å². The highest BCUT2D eigenvalue weighted by molar-refractivity contribution is 8.00. The lowest BCUT2D eigenvalue weighted by molar-refractivity contribution is 0.529. The van der Waals surface area contributed by atoms with Crippen LogP contribution in [0.2, 0.25) is 5.15 Å². The summed E-state index contributed by atoms with van der Waals surface area (Å²) in [7, 11) is 0. The summed E-state index contributed by atoms with van der Waals surface area (Å²) in [4.78, 5) is 25.1. The van der Waals surface area contributed by atoms with Crippen molar-refractivity contribution < 1.29 is 4.39 Å². The maximum absolute atomic E-state index is 13.2. The van der Waals surface area contributed by atoms with E-state index in [1.165, 1.54) is 0 Å². The van der Waals surface area contributed by atoms with Gasteiger partial charge in [0.1, 0.15) is 0 Å². The van der Waals surface area contributed by atoms with Crippen LogP contribution < -0.4 is 11.2 Å². The molecule has 1 fully saturated rings. The molecule has 0 bridgehead atoms. The number of H-pyrrole nitrogens is 1. The number of nitrogens with one attached hydrogen (secondary N) is 1. The van der Waals surface area contributed by atoms with Crippen molar-refractivity contribution in [3.8, 4) is 0 Å². The van der Waals surface area contributed by atoms with E-state index in [1.807, 2.05) is 6.26 Å². The molecule has 0 atom stereocenters. The summed E-state index contributed by atoms with van der Waals surface area (Å²) in [5.74, 6) is -1.10. The van der Waals surface area contributed by atoms with Gasteiger partial charge in [0, 0.05) is 11.3 Å². The van der Waals surface area contributed by atoms with Crippen LogP contribution in [0.5, 0.6) is 0 Å². The maximum atomic E-state index is 13.2. The normalized spacial score (nSPS) is 17.4. The summed E-state index contributed by atoms with van der Waals surface area (Å²) in [6, 6.07) is 0. The molecule has 0 aliphatic heterocycles. The lowest BCUT2D eigenvalue weighted by Crippen LogP contribution is -2.40. The van der Waals surface area contributed by atoms with Crippen LogP contribution in [0, 0.1) is 5.82 Å². The monoisotopic (exact) mass is 264 g/mol. The van der Waals surface area contributed by atoms with Gasteiger partial charge in [0.25, 0.3) is 5.56 Å². The molecule has 0 saturated heterocycles. The van der Waals surface area contributed by atoms with Gasteiger partial charge in [-0.25, -0.2) is 4.79 Å². The third-order valence-corrected chi connectivity index (χ3v) is 4.44. The third-order valence-electron chi connectivity index (χ3n) is 2.77. The maximum Gasteiger partial charge on any atom is 0.329 e. The van der Waals surface area contributed by atoms with E-state index in [2.05, 4.69) is 4.98 Å². The van der Waals surface area contributed by atoms with E-state index < -0.39 is 22.2 Å². The Balaban J connectivity index is 2.46. The number of hydrogen-bond donors (Lipinski definition) is 1. The fourth-order valence-electron chi connectivity index (χ4n) is 1.52. The van der Waals surface area contributed by atoms with Gasteiger partial charge in [0.05, 0.1) is 0 Å². The second-order valence-corrected chi connectivity index (χ2v) is 5.49. The van der Waals surface area contributed by atoms with Crippen LogP contribution in [-0.2, 0) is 6.54 Å². The Hall–Kier alpha value is -0.750. The Morgan fingerprint density at radius 3 is 2.69 bits per heavy atom. The Morgan fingerprint density at radius 1 is 1.56 bits per heavy atom. The molecule has 0 amide bonds. The predicted molar refractivity (Wildman–Crippen MR) is 61.8 cm³/mol. The quantitative estimate of drug-likeness (QED) is 0.836. The molecule has 4 nitrogen and oxygen atoms in total. The number of nitrogens with zero attached hydrogens (tertiary/aromatic N) is 1. The molecule has 1 aliphatic carbocycles. The molecule has 1 saturated carbocycles. The number of aromatic amines is 1. The molecule has 0 radical (unpaired) electrons. The van der Waals surface area contributed by atoms with E-state index in [1.54, 1.807) is 11.8 Å². The summed E-state index contributed by atoms with van der Waals surface area (Å²) in [6.45, 7) is 0.233. The minimum atomic E-state index is -1.10. The van der Waals surface area contributed by atoms with Crippen molar-refractivity contribution in [2.24, 2.45) is 0 Å². The van der Waals surface area contributed by atoms with Gasteiger partial charge in [-0.05, 0) is 19.1 Å². The minimum absolute atomic E-state index is 0.0862. The van der Waals surface area contributed by atoms with Gasteiger partial charge in [-0.2, -0.15) is 16.2 Å². The molecule has 16 heavy (non-hydrogen) atoms. The largest absolute Gasteiger partial charge is 0.329 e. The van der Waals surface area contributed by atoms with Gasteiger partial charge in [-0.15, -0.1) is 0 Å². The van der Waals surface area contributed by atoms with Gasteiger partial charge in [-0.3, -0.25) is 14.3 Å². The molecule has 0 aromatic carbocycles. The zero-order chi connectivity index (χ0) is 11.9. The second-order valence-electron chi connectivity index (χ2n) is 3.84. The lowest BCUT2D eigenvalue weighted by atomic mass is 10.4. The van der Waals surface area contributed by atoms with Crippen molar-refractivity contribution in [2.75, 3.05) is 6.26 Å². The van der Waals surface area contributed by atoms with E-state index in [-0.39, 0.29) is 11.3 Å². The molecule has 1 aromatic heterocycles. The average Bonchev–Trinajstić information content (AvgIpc) is 3.02. The van der Waals surface area contributed by atoms with Crippen LogP contribution >= 0.6 is 23.4 Å². The van der Waals surface area contributed by atoms with Gasteiger partial charge in [0.15, 0.2) is 5.15 Å². The number of thioether (sulfide) groups is 1. The highest BCUT2D eigenvalue weighted by Gasteiger charge is 2.43. The van der Waals surface area contributed by atoms with Crippen molar-refractivity contribution in [3.05, 3.63) is 31.8 Å². The van der Waals surface area contributed by atoms with Gasteiger partial charge in [-0.1, -0.05) is 11.6 Å². The van der Waals surface area contributed by atoms with Crippen LogP contribution in [0.4, 0.5) is 4.39 Å². The van der Waals surface area contributed by atoms with Crippen LogP contribution in [-0.4, -0.2) is 20.6 Å². The van der Waals surface area contributed by atoms with Crippen LogP contribution in [0.15, 0.2) is 9.59 Å². The molecule has 0 unspecified atom stereocenters. The zero-order valence-electron chi connectivity index (χ0n) is 8.55. The summed E-state index contributed by atoms with van der Waals surface area (Å²) >= 11 is 6.96. The summed E-state index contributed by atoms with van der Waals surface area (Å²) in [5, 5.41) is -0.528. The van der Waals surface area contributed by atoms with Crippen molar-refractivity contribution in [3.63, 3.8) is 0 Å². The first-order valence-electron chi connectivity index (χ1n) is 4.72. The fraction of sp³-hybridized carbons (Fsp3) is 0.556. The Bertz CT molecular complexity index is 535. The average molecular weight is 265 g/mol. The Morgan fingerprint density at radius 2 is 2.19 bits per heavy atom. The highest BCUT2D eigenvalue weighted by Crippen LogP contribution is 2.47. The molecule has 1 heterocycles. The van der Waals surface area contributed by atoms with Gasteiger partial charge >= 0.3 is 5.69 Å². The third kappa shape index (κ3) is 1.91. The first-order valence-corrected chi connectivity index (χ1v) is 6.33. The SMILES string of the molecule is CSC1(Cn2c(=O)[nH]c(Cl)c(F)c2=O)CC1. The summed E-state index contributed by atoms with van der Waals surface area (Å²) < 4.78 is 14.0. The molecular weight excluding hydrogens is 255 g/mol. The van der Waals surface area contributed by atoms with Crippen molar-refractivity contribution in [1.82, 2.24) is 9.55 Å². The smallest absolute Gasteiger partial charge is 0.295 e. The standard InChI is InChI=1S/C9H10ClFN2O2S/c1-16-9(2-3-9)4-13-7(14)5(11)6(10)12-8(13)15/h2-4H2,1H3,(H,12,15). The zero-order valence-corrected chi connectivity index (χ0v) is 10.1. The minimum Gasteiger partial charge on any atom is -0.295 e. The van der Waals surface area contributed by atoms with E-state index in [9.17, 15) is 14.0 Å². The van der Waals surface area contributed by atoms with E-state index in [0.29, 0.717) is 0 Å².